The number of rotatable bonds is 4. The van der Waals surface area contributed by atoms with E-state index < -0.39 is 0 Å². The maximum atomic E-state index is 12.6. The highest BCUT2D eigenvalue weighted by molar-refractivity contribution is 7.99. The third-order valence-electron chi connectivity index (χ3n) is 3.70. The number of ether oxygens (including phenoxy) is 1. The average Bonchev–Trinajstić information content (AvgIpc) is 2.55. The van der Waals surface area contributed by atoms with Gasteiger partial charge in [0, 0.05) is 5.75 Å². The number of unbranched alkanes of at least 4 members (excludes halogenated alkanes) is 1. The summed E-state index contributed by atoms with van der Waals surface area (Å²) in [6.07, 6.45) is 3.47. The summed E-state index contributed by atoms with van der Waals surface area (Å²) in [6.45, 7) is 4.40. The van der Waals surface area contributed by atoms with E-state index in [-0.39, 0.29) is 11.4 Å². The second kappa shape index (κ2) is 6.62. The van der Waals surface area contributed by atoms with Crippen LogP contribution in [0.25, 0.3) is 17.0 Å². The summed E-state index contributed by atoms with van der Waals surface area (Å²) in [4.78, 5) is 25.2. The highest BCUT2D eigenvalue weighted by atomic mass is 32.2. The summed E-state index contributed by atoms with van der Waals surface area (Å²) < 4.78 is 11.1. The minimum absolute atomic E-state index is 0.0374. The van der Waals surface area contributed by atoms with Gasteiger partial charge in [-0.3, -0.25) is 4.79 Å². The largest absolute Gasteiger partial charge is 0.462 e. The van der Waals surface area contributed by atoms with Gasteiger partial charge >= 0.3 is 5.97 Å². The average molecular weight is 330 g/mol. The zero-order valence-electron chi connectivity index (χ0n) is 13.2. The van der Waals surface area contributed by atoms with Crippen molar-refractivity contribution in [3.05, 3.63) is 45.3 Å². The van der Waals surface area contributed by atoms with E-state index in [1.807, 2.05) is 26.0 Å². The van der Waals surface area contributed by atoms with E-state index >= 15 is 0 Å². The Labute approximate surface area is 138 Å². The van der Waals surface area contributed by atoms with E-state index in [0.29, 0.717) is 39.6 Å². The minimum Gasteiger partial charge on any atom is -0.462 e. The van der Waals surface area contributed by atoms with Gasteiger partial charge in [-0.05, 0) is 31.6 Å². The number of benzene rings is 1. The van der Waals surface area contributed by atoms with Crippen LogP contribution in [0.1, 0.15) is 31.1 Å². The molecular weight excluding hydrogens is 312 g/mol. The molecule has 1 aromatic carbocycles. The molecule has 0 saturated carbocycles. The van der Waals surface area contributed by atoms with Gasteiger partial charge in [0.1, 0.15) is 11.3 Å². The van der Waals surface area contributed by atoms with Crippen molar-refractivity contribution in [3.63, 3.8) is 0 Å². The lowest BCUT2D eigenvalue weighted by molar-refractivity contribution is -0.138. The van der Waals surface area contributed by atoms with Gasteiger partial charge in [-0.25, -0.2) is 4.79 Å². The highest BCUT2D eigenvalue weighted by Gasteiger charge is 2.23. The Bertz CT molecular complexity index is 848. The zero-order valence-corrected chi connectivity index (χ0v) is 14.0. The first-order valence-corrected chi connectivity index (χ1v) is 8.66. The van der Waals surface area contributed by atoms with Gasteiger partial charge in [-0.2, -0.15) is 0 Å². The van der Waals surface area contributed by atoms with Gasteiger partial charge < -0.3 is 9.15 Å². The number of hydrogen-bond acceptors (Lipinski definition) is 5. The summed E-state index contributed by atoms with van der Waals surface area (Å²) in [5.41, 5.74) is 2.05. The van der Waals surface area contributed by atoms with Crippen molar-refractivity contribution in [1.82, 2.24) is 0 Å². The Morgan fingerprint density at radius 3 is 3.00 bits per heavy atom. The van der Waals surface area contributed by atoms with Crippen molar-refractivity contribution < 1.29 is 13.9 Å². The fourth-order valence-corrected chi connectivity index (χ4v) is 3.40. The van der Waals surface area contributed by atoms with Crippen LogP contribution in [0.5, 0.6) is 0 Å². The zero-order chi connectivity index (χ0) is 16.4. The molecule has 0 bridgehead atoms. The molecular formula is C18H18O4S. The highest BCUT2D eigenvalue weighted by Crippen LogP contribution is 2.32. The van der Waals surface area contributed by atoms with Crippen LogP contribution in [-0.2, 0) is 9.53 Å². The predicted molar refractivity (Wildman–Crippen MR) is 91.8 cm³/mol. The minimum atomic E-state index is -0.330. The molecule has 120 valence electrons. The predicted octanol–water partition coefficient (Wildman–Crippen LogP) is 3.93. The molecule has 0 fully saturated rings. The number of aryl methyl sites for hydroxylation is 1. The normalized spacial score (nSPS) is 13.6. The summed E-state index contributed by atoms with van der Waals surface area (Å²) in [5.74, 6) is 0.549. The third-order valence-corrected chi connectivity index (χ3v) is 4.83. The smallest absolute Gasteiger partial charge is 0.335 e. The van der Waals surface area contributed by atoms with Crippen molar-refractivity contribution in [2.24, 2.45) is 0 Å². The molecule has 5 heteroatoms. The summed E-state index contributed by atoms with van der Waals surface area (Å²) in [6, 6.07) is 5.52. The molecule has 0 radical (unpaired) electrons. The van der Waals surface area contributed by atoms with Crippen molar-refractivity contribution in [2.45, 2.75) is 31.6 Å². The van der Waals surface area contributed by atoms with Crippen LogP contribution in [0.2, 0.25) is 0 Å². The first-order valence-electron chi connectivity index (χ1n) is 7.68. The topological polar surface area (TPSA) is 56.5 Å². The second-order valence-electron chi connectivity index (χ2n) is 5.57. The number of esters is 1. The van der Waals surface area contributed by atoms with E-state index in [2.05, 4.69) is 0 Å². The summed E-state index contributed by atoms with van der Waals surface area (Å²) in [7, 11) is 0. The molecule has 23 heavy (non-hydrogen) atoms. The van der Waals surface area contributed by atoms with E-state index in [4.69, 9.17) is 9.15 Å². The fourth-order valence-electron chi connectivity index (χ4n) is 2.41. The SMILES string of the molecule is CCCCOC(=O)C1=Cc2oc3ccc(C)cc3c(=O)c2SC1. The van der Waals surface area contributed by atoms with Crippen molar-refractivity contribution in [3.8, 4) is 0 Å². The summed E-state index contributed by atoms with van der Waals surface area (Å²) in [5, 5.41) is 0.582. The Hall–Kier alpha value is -2.01. The van der Waals surface area contributed by atoms with Gasteiger partial charge in [-0.1, -0.05) is 25.0 Å². The van der Waals surface area contributed by atoms with E-state index in [1.54, 1.807) is 12.1 Å². The van der Waals surface area contributed by atoms with Gasteiger partial charge in [-0.15, -0.1) is 11.8 Å². The quantitative estimate of drug-likeness (QED) is 0.628. The molecule has 0 atom stereocenters. The lowest BCUT2D eigenvalue weighted by atomic mass is 10.1. The summed E-state index contributed by atoms with van der Waals surface area (Å²) >= 11 is 1.34. The van der Waals surface area contributed by atoms with Gasteiger partial charge in [0.25, 0.3) is 0 Å². The van der Waals surface area contributed by atoms with Gasteiger partial charge in [0.05, 0.1) is 22.5 Å². The van der Waals surface area contributed by atoms with E-state index in [0.717, 1.165) is 18.4 Å². The Kier molecular flexibility index (Phi) is 4.57. The van der Waals surface area contributed by atoms with Crippen LogP contribution in [0.3, 0.4) is 0 Å². The number of fused-ring (bicyclic) bond motifs is 2. The monoisotopic (exact) mass is 330 g/mol. The lowest BCUT2D eigenvalue weighted by Crippen LogP contribution is -2.16. The van der Waals surface area contributed by atoms with Crippen LogP contribution < -0.4 is 5.43 Å². The molecule has 0 unspecified atom stereocenters. The maximum Gasteiger partial charge on any atom is 0.335 e. The molecule has 1 aliphatic rings. The standard InChI is InChI=1S/C18H18O4S/c1-3-4-7-21-18(20)12-9-15-17(23-10-12)16(19)13-8-11(2)5-6-14(13)22-15/h5-6,8-9H,3-4,7,10H2,1-2H3. The molecule has 0 saturated heterocycles. The molecule has 2 aromatic rings. The maximum absolute atomic E-state index is 12.6. The van der Waals surface area contributed by atoms with Crippen molar-refractivity contribution in [1.29, 1.82) is 0 Å². The lowest BCUT2D eigenvalue weighted by Gasteiger charge is -2.14. The molecule has 3 rings (SSSR count). The third kappa shape index (κ3) is 3.20. The Balaban J connectivity index is 1.97. The molecule has 0 N–H and O–H groups in total. The van der Waals surface area contributed by atoms with E-state index in [1.165, 1.54) is 11.8 Å². The Morgan fingerprint density at radius 1 is 1.39 bits per heavy atom. The molecule has 0 amide bonds. The number of hydrogen-bond donors (Lipinski definition) is 0. The fraction of sp³-hybridized carbons (Fsp3) is 0.333. The second-order valence-corrected chi connectivity index (χ2v) is 6.56. The Morgan fingerprint density at radius 2 is 2.22 bits per heavy atom. The van der Waals surface area contributed by atoms with Crippen LogP contribution >= 0.6 is 11.8 Å². The van der Waals surface area contributed by atoms with Crippen LogP contribution in [-0.4, -0.2) is 18.3 Å². The first kappa shape index (κ1) is 15.9. The molecule has 0 spiro atoms. The number of thioether (sulfide) groups is 1. The van der Waals surface area contributed by atoms with E-state index in [9.17, 15) is 9.59 Å². The molecule has 1 aliphatic heterocycles. The molecule has 2 heterocycles. The number of carbonyl (C=O) groups excluding carboxylic acids is 1. The van der Waals surface area contributed by atoms with Crippen molar-refractivity contribution in [2.75, 3.05) is 12.4 Å². The van der Waals surface area contributed by atoms with Crippen molar-refractivity contribution >= 4 is 34.8 Å². The first-order chi connectivity index (χ1) is 11.1. The van der Waals surface area contributed by atoms with Gasteiger partial charge in [0.2, 0.25) is 5.43 Å². The van der Waals surface area contributed by atoms with Gasteiger partial charge in [0.15, 0.2) is 0 Å². The van der Waals surface area contributed by atoms with Crippen LogP contribution in [0, 0.1) is 6.92 Å². The van der Waals surface area contributed by atoms with Crippen LogP contribution in [0.15, 0.2) is 37.9 Å². The molecule has 1 aromatic heterocycles. The van der Waals surface area contributed by atoms with Crippen LogP contribution in [0.4, 0.5) is 0 Å². The molecule has 0 aliphatic carbocycles. The number of carbonyl (C=O) groups is 1. The molecule has 4 nitrogen and oxygen atoms in total.